The van der Waals surface area contributed by atoms with E-state index in [4.69, 9.17) is 4.74 Å². The van der Waals surface area contributed by atoms with Gasteiger partial charge in [-0.3, -0.25) is 0 Å². The first kappa shape index (κ1) is 19.4. The molecule has 3 aliphatic rings. The van der Waals surface area contributed by atoms with E-state index >= 15 is 0 Å². The van der Waals surface area contributed by atoms with Crippen LogP contribution in [0.3, 0.4) is 0 Å². The lowest BCUT2D eigenvalue weighted by Crippen LogP contribution is -2.50. The van der Waals surface area contributed by atoms with Gasteiger partial charge in [0.2, 0.25) is 0 Å². The number of aliphatic hydroxyl groups is 1. The molecule has 2 saturated carbocycles. The third-order valence-corrected chi connectivity index (χ3v) is 8.20. The van der Waals surface area contributed by atoms with Crippen LogP contribution in [0.2, 0.25) is 0 Å². The van der Waals surface area contributed by atoms with Crippen molar-refractivity contribution in [1.82, 2.24) is 0 Å². The number of likely N-dealkylation sites (tertiary alicyclic amines) is 1. The van der Waals surface area contributed by atoms with Crippen molar-refractivity contribution in [2.45, 2.75) is 65.2 Å². The Balaban J connectivity index is 1.35. The van der Waals surface area contributed by atoms with Gasteiger partial charge in [-0.15, -0.1) is 0 Å². The van der Waals surface area contributed by atoms with Crippen LogP contribution in [0.1, 0.15) is 52.0 Å². The lowest BCUT2D eigenvalue weighted by molar-refractivity contribution is -0.932. The van der Waals surface area contributed by atoms with E-state index in [-0.39, 0.29) is 6.10 Å². The second-order valence-corrected chi connectivity index (χ2v) is 10.2. The topological polar surface area (TPSA) is 29.5 Å². The van der Waals surface area contributed by atoms with Crippen LogP contribution >= 0.6 is 0 Å². The first-order valence-electron chi connectivity index (χ1n) is 11.1. The molecule has 0 radical (unpaired) electrons. The van der Waals surface area contributed by atoms with E-state index in [1.807, 2.05) is 0 Å². The summed E-state index contributed by atoms with van der Waals surface area (Å²) in [5, 5.41) is 10.9. The fourth-order valence-corrected chi connectivity index (χ4v) is 6.87. The van der Waals surface area contributed by atoms with Crippen molar-refractivity contribution in [3.05, 3.63) is 35.9 Å². The Bertz CT molecular complexity index is 623. The smallest absolute Gasteiger partial charge is 0.126 e. The molecule has 1 saturated heterocycles. The molecule has 3 heteroatoms. The van der Waals surface area contributed by atoms with Gasteiger partial charge in [0.25, 0.3) is 0 Å². The van der Waals surface area contributed by atoms with E-state index < -0.39 is 0 Å². The van der Waals surface area contributed by atoms with Gasteiger partial charge in [0.1, 0.15) is 19.2 Å². The highest BCUT2D eigenvalue weighted by Crippen LogP contribution is 2.60. The van der Waals surface area contributed by atoms with Gasteiger partial charge < -0.3 is 14.3 Å². The predicted octanol–water partition coefficient (Wildman–Crippen LogP) is 4.25. The molecule has 2 aliphatic carbocycles. The molecule has 0 spiro atoms. The number of nitrogens with zero attached hydrogens (tertiary/aromatic N) is 1. The molecule has 1 heterocycles. The average Bonchev–Trinajstić information content (AvgIpc) is 3.25. The maximum atomic E-state index is 10.9. The number of rotatable bonds is 7. The zero-order chi connectivity index (χ0) is 19.1. The van der Waals surface area contributed by atoms with Gasteiger partial charge in [0.15, 0.2) is 0 Å². The molecule has 3 nitrogen and oxygen atoms in total. The van der Waals surface area contributed by atoms with Crippen molar-refractivity contribution in [3.8, 4) is 0 Å². The van der Waals surface area contributed by atoms with Crippen LogP contribution in [0.15, 0.2) is 30.3 Å². The zero-order valence-electron chi connectivity index (χ0n) is 17.4. The molecule has 3 fully saturated rings. The molecule has 0 unspecified atom stereocenters. The van der Waals surface area contributed by atoms with Crippen LogP contribution in [-0.4, -0.2) is 48.0 Å². The molecular formula is C24H38NO2+. The van der Waals surface area contributed by atoms with Gasteiger partial charge in [-0.1, -0.05) is 51.1 Å². The van der Waals surface area contributed by atoms with E-state index in [9.17, 15) is 5.11 Å². The standard InChI is InChI=1S/C24H38NO2/c1-18-21-11-12-22(24(21,2)3)23(18)27-17-20(26)16-25(13-7-8-14-25)15-19-9-5-4-6-10-19/h4-6,9-10,18,20-23,26H,7-8,11-17H2,1-3H3/q+1/t18-,20-,21+,22+,23+/m0/s1. The van der Waals surface area contributed by atoms with Crippen LogP contribution in [0, 0.1) is 23.2 Å². The minimum atomic E-state index is -0.360. The first-order valence-corrected chi connectivity index (χ1v) is 11.1. The Hall–Kier alpha value is -0.900. The Labute approximate surface area is 165 Å². The Kier molecular flexibility index (Phi) is 5.39. The van der Waals surface area contributed by atoms with E-state index in [0.717, 1.165) is 23.5 Å². The average molecular weight is 373 g/mol. The molecule has 1 aromatic carbocycles. The van der Waals surface area contributed by atoms with Crippen LogP contribution < -0.4 is 0 Å². The van der Waals surface area contributed by atoms with Crippen molar-refractivity contribution < 1.29 is 14.3 Å². The highest BCUT2D eigenvalue weighted by Gasteiger charge is 2.58. The number of fused-ring (bicyclic) bond motifs is 2. The van der Waals surface area contributed by atoms with Crippen molar-refractivity contribution in [2.75, 3.05) is 26.2 Å². The molecule has 27 heavy (non-hydrogen) atoms. The van der Waals surface area contributed by atoms with E-state index in [0.29, 0.717) is 30.0 Å². The summed E-state index contributed by atoms with van der Waals surface area (Å²) in [5.41, 5.74) is 1.79. The molecule has 4 rings (SSSR count). The SMILES string of the molecule is C[C@@H]1[C@@H](OC[C@@H](O)C[N+]2(Cc3ccccc3)CCCC2)[C@H]2CC[C@H]1C2(C)C. The Morgan fingerprint density at radius 3 is 2.41 bits per heavy atom. The monoisotopic (exact) mass is 372 g/mol. The van der Waals surface area contributed by atoms with Crippen molar-refractivity contribution in [2.24, 2.45) is 23.2 Å². The largest absolute Gasteiger partial charge is 0.385 e. The predicted molar refractivity (Wildman–Crippen MR) is 109 cm³/mol. The van der Waals surface area contributed by atoms with E-state index in [1.54, 1.807) is 0 Å². The van der Waals surface area contributed by atoms with E-state index in [2.05, 4.69) is 51.1 Å². The van der Waals surface area contributed by atoms with Gasteiger partial charge in [-0.05, 0) is 36.0 Å². The lowest BCUT2D eigenvalue weighted by atomic mass is 9.80. The molecule has 0 aromatic heterocycles. The molecule has 150 valence electrons. The molecule has 1 aromatic rings. The summed E-state index contributed by atoms with van der Waals surface area (Å²) in [7, 11) is 0. The second-order valence-electron chi connectivity index (χ2n) is 10.2. The maximum Gasteiger partial charge on any atom is 0.126 e. The van der Waals surface area contributed by atoms with Gasteiger partial charge in [-0.25, -0.2) is 0 Å². The number of ether oxygens (including phenoxy) is 1. The minimum absolute atomic E-state index is 0.342. The summed E-state index contributed by atoms with van der Waals surface area (Å²) in [6.45, 7) is 12.0. The third kappa shape index (κ3) is 3.71. The molecule has 2 bridgehead atoms. The number of hydrogen-bond donors (Lipinski definition) is 1. The fraction of sp³-hybridized carbons (Fsp3) is 0.750. The fourth-order valence-electron chi connectivity index (χ4n) is 6.87. The Morgan fingerprint density at radius 1 is 1.11 bits per heavy atom. The maximum absolute atomic E-state index is 10.9. The molecule has 1 N–H and O–H groups in total. The number of aliphatic hydroxyl groups excluding tert-OH is 1. The van der Waals surface area contributed by atoms with Crippen LogP contribution in [0.4, 0.5) is 0 Å². The third-order valence-electron chi connectivity index (χ3n) is 8.20. The normalized spacial score (nSPS) is 34.8. The molecule has 0 amide bonds. The highest BCUT2D eigenvalue weighted by molar-refractivity contribution is 5.13. The zero-order valence-corrected chi connectivity index (χ0v) is 17.4. The summed E-state index contributed by atoms with van der Waals surface area (Å²) >= 11 is 0. The Morgan fingerprint density at radius 2 is 1.78 bits per heavy atom. The van der Waals surface area contributed by atoms with Crippen molar-refractivity contribution in [1.29, 1.82) is 0 Å². The minimum Gasteiger partial charge on any atom is -0.385 e. The summed E-state index contributed by atoms with van der Waals surface area (Å²) in [4.78, 5) is 0. The van der Waals surface area contributed by atoms with Crippen molar-refractivity contribution in [3.63, 3.8) is 0 Å². The molecule has 1 aliphatic heterocycles. The van der Waals surface area contributed by atoms with Crippen LogP contribution in [-0.2, 0) is 11.3 Å². The van der Waals surface area contributed by atoms with Crippen molar-refractivity contribution >= 4 is 0 Å². The summed E-state index contributed by atoms with van der Waals surface area (Å²) < 4.78 is 7.41. The van der Waals surface area contributed by atoms with Gasteiger partial charge in [0.05, 0.1) is 25.8 Å². The first-order chi connectivity index (χ1) is 12.9. The van der Waals surface area contributed by atoms with Gasteiger partial charge >= 0.3 is 0 Å². The van der Waals surface area contributed by atoms with Gasteiger partial charge in [-0.2, -0.15) is 0 Å². The molecule has 5 atom stereocenters. The number of benzene rings is 1. The van der Waals surface area contributed by atoms with Crippen LogP contribution in [0.25, 0.3) is 0 Å². The lowest BCUT2D eigenvalue weighted by Gasteiger charge is -2.37. The van der Waals surface area contributed by atoms with Crippen LogP contribution in [0.5, 0.6) is 0 Å². The molecular weight excluding hydrogens is 334 g/mol. The quantitative estimate of drug-likeness (QED) is 0.725. The van der Waals surface area contributed by atoms with E-state index in [1.165, 1.54) is 44.3 Å². The summed E-state index contributed by atoms with van der Waals surface area (Å²) in [6, 6.07) is 10.8. The van der Waals surface area contributed by atoms with Gasteiger partial charge in [0, 0.05) is 18.4 Å². The number of hydrogen-bond acceptors (Lipinski definition) is 2. The summed E-state index contributed by atoms with van der Waals surface area (Å²) in [6.07, 6.45) is 5.20. The summed E-state index contributed by atoms with van der Waals surface area (Å²) in [5.74, 6) is 2.09. The second kappa shape index (κ2) is 7.50. The number of quaternary nitrogens is 1. The highest BCUT2D eigenvalue weighted by atomic mass is 16.5.